The van der Waals surface area contributed by atoms with Crippen molar-refractivity contribution in [3.05, 3.63) is 0 Å². The van der Waals surface area contributed by atoms with E-state index in [4.69, 9.17) is 9.47 Å². The van der Waals surface area contributed by atoms with Crippen LogP contribution in [0, 0.1) is 0 Å². The first-order valence-corrected chi connectivity index (χ1v) is 4.87. The Hall–Kier alpha value is -0.580. The van der Waals surface area contributed by atoms with Gasteiger partial charge >= 0.3 is 11.9 Å². The minimum absolute atomic E-state index is 0.240. The standard InChI is InChI=1S/C8H11BrO4/c1-3-12-6(10)8(9)4-5(2)13-7(8)11/h5H,3-4H2,1-2H3. The molecule has 0 aliphatic carbocycles. The Labute approximate surface area is 84.7 Å². The molecule has 1 aliphatic rings. The van der Waals surface area contributed by atoms with Gasteiger partial charge in [-0.3, -0.25) is 0 Å². The van der Waals surface area contributed by atoms with Crippen LogP contribution in [0.3, 0.4) is 0 Å². The van der Waals surface area contributed by atoms with Gasteiger partial charge < -0.3 is 9.47 Å². The molecule has 0 bridgehead atoms. The van der Waals surface area contributed by atoms with E-state index in [2.05, 4.69) is 15.9 Å². The summed E-state index contributed by atoms with van der Waals surface area (Å²) in [4.78, 5) is 22.6. The molecule has 5 heteroatoms. The van der Waals surface area contributed by atoms with Crippen molar-refractivity contribution in [2.24, 2.45) is 0 Å². The number of esters is 2. The van der Waals surface area contributed by atoms with E-state index in [9.17, 15) is 9.59 Å². The highest BCUT2D eigenvalue weighted by atomic mass is 79.9. The molecule has 2 unspecified atom stereocenters. The number of ether oxygens (including phenoxy) is 2. The van der Waals surface area contributed by atoms with Crippen LogP contribution >= 0.6 is 15.9 Å². The summed E-state index contributed by atoms with van der Waals surface area (Å²) in [5.41, 5.74) is 0. The van der Waals surface area contributed by atoms with Crippen molar-refractivity contribution < 1.29 is 19.1 Å². The van der Waals surface area contributed by atoms with Crippen LogP contribution in [0.15, 0.2) is 0 Å². The first-order valence-electron chi connectivity index (χ1n) is 4.08. The molecule has 0 aromatic carbocycles. The molecule has 4 nitrogen and oxygen atoms in total. The molecule has 0 radical (unpaired) electrons. The summed E-state index contributed by atoms with van der Waals surface area (Å²) in [6, 6.07) is 0. The van der Waals surface area contributed by atoms with Gasteiger partial charge in [-0.2, -0.15) is 0 Å². The molecule has 13 heavy (non-hydrogen) atoms. The van der Waals surface area contributed by atoms with Gasteiger partial charge in [0.2, 0.25) is 4.32 Å². The molecule has 1 aliphatic heterocycles. The maximum absolute atomic E-state index is 11.4. The van der Waals surface area contributed by atoms with Crippen molar-refractivity contribution in [1.29, 1.82) is 0 Å². The van der Waals surface area contributed by atoms with E-state index in [1.165, 1.54) is 0 Å². The predicted octanol–water partition coefficient (Wildman–Crippen LogP) is 1.02. The predicted molar refractivity (Wildman–Crippen MR) is 48.5 cm³/mol. The van der Waals surface area contributed by atoms with Crippen molar-refractivity contribution in [2.75, 3.05) is 6.61 Å². The maximum Gasteiger partial charge on any atom is 0.334 e. The first-order chi connectivity index (χ1) is 6.00. The van der Waals surface area contributed by atoms with Crippen LogP contribution in [0.5, 0.6) is 0 Å². The highest BCUT2D eigenvalue weighted by molar-refractivity contribution is 9.10. The Morgan fingerprint density at radius 1 is 1.85 bits per heavy atom. The molecule has 1 fully saturated rings. The third-order valence-corrected chi connectivity index (χ3v) is 2.77. The second-order valence-corrected chi connectivity index (χ2v) is 4.30. The van der Waals surface area contributed by atoms with E-state index in [-0.39, 0.29) is 12.7 Å². The van der Waals surface area contributed by atoms with Crippen molar-refractivity contribution in [2.45, 2.75) is 30.7 Å². The van der Waals surface area contributed by atoms with Crippen molar-refractivity contribution in [3.63, 3.8) is 0 Å². The molecule has 74 valence electrons. The van der Waals surface area contributed by atoms with E-state index in [1.807, 2.05) is 0 Å². The second kappa shape index (κ2) is 3.65. The van der Waals surface area contributed by atoms with Gasteiger partial charge in [0, 0.05) is 6.42 Å². The van der Waals surface area contributed by atoms with Gasteiger partial charge in [-0.15, -0.1) is 0 Å². The van der Waals surface area contributed by atoms with Crippen LogP contribution in [0.1, 0.15) is 20.3 Å². The molecule has 0 saturated carbocycles. The molecule has 0 aromatic rings. The first kappa shape index (κ1) is 10.5. The maximum atomic E-state index is 11.4. The largest absolute Gasteiger partial charge is 0.465 e. The average molecular weight is 251 g/mol. The third kappa shape index (κ3) is 1.85. The van der Waals surface area contributed by atoms with Gasteiger partial charge in [-0.25, -0.2) is 9.59 Å². The number of carbonyl (C=O) groups is 2. The minimum atomic E-state index is -1.28. The molecule has 1 saturated heterocycles. The van der Waals surface area contributed by atoms with Crippen molar-refractivity contribution in [1.82, 2.24) is 0 Å². The normalized spacial score (nSPS) is 32.8. The van der Waals surface area contributed by atoms with Crippen LogP contribution in [0.25, 0.3) is 0 Å². The third-order valence-electron chi connectivity index (χ3n) is 1.80. The average Bonchev–Trinajstić information content (AvgIpc) is 2.28. The molecular formula is C8H11BrO4. The smallest absolute Gasteiger partial charge is 0.334 e. The fourth-order valence-electron chi connectivity index (χ4n) is 1.21. The highest BCUT2D eigenvalue weighted by Crippen LogP contribution is 2.34. The fourth-order valence-corrected chi connectivity index (χ4v) is 1.87. The molecule has 0 N–H and O–H groups in total. The second-order valence-electron chi connectivity index (χ2n) is 2.94. The summed E-state index contributed by atoms with van der Waals surface area (Å²) < 4.78 is 8.34. The summed E-state index contributed by atoms with van der Waals surface area (Å²) >= 11 is 3.07. The summed E-state index contributed by atoms with van der Waals surface area (Å²) in [5.74, 6) is -1.12. The van der Waals surface area contributed by atoms with Crippen LogP contribution in [0.2, 0.25) is 0 Å². The summed E-state index contributed by atoms with van der Waals surface area (Å²) in [6.07, 6.45) is 0.0845. The lowest BCUT2D eigenvalue weighted by molar-refractivity contribution is -0.153. The van der Waals surface area contributed by atoms with Gasteiger partial charge in [0.25, 0.3) is 0 Å². The van der Waals surface area contributed by atoms with E-state index in [1.54, 1.807) is 13.8 Å². The van der Waals surface area contributed by atoms with Crippen LogP contribution < -0.4 is 0 Å². The van der Waals surface area contributed by atoms with Gasteiger partial charge in [-0.05, 0) is 13.8 Å². The van der Waals surface area contributed by atoms with Crippen molar-refractivity contribution >= 4 is 27.9 Å². The zero-order valence-corrected chi connectivity index (χ0v) is 9.09. The van der Waals surface area contributed by atoms with Crippen LogP contribution in [-0.2, 0) is 19.1 Å². The summed E-state index contributed by atoms with van der Waals surface area (Å²) in [7, 11) is 0. The van der Waals surface area contributed by atoms with E-state index in [0.29, 0.717) is 6.42 Å². The number of rotatable bonds is 2. The SMILES string of the molecule is CCOC(=O)C1(Br)CC(C)OC1=O. The molecular weight excluding hydrogens is 240 g/mol. The van der Waals surface area contributed by atoms with E-state index < -0.39 is 16.3 Å². The van der Waals surface area contributed by atoms with E-state index in [0.717, 1.165) is 0 Å². The van der Waals surface area contributed by atoms with Gasteiger partial charge in [0.15, 0.2) is 0 Å². The van der Waals surface area contributed by atoms with Crippen LogP contribution in [-0.4, -0.2) is 29.0 Å². The van der Waals surface area contributed by atoms with Gasteiger partial charge in [0.05, 0.1) is 6.61 Å². The van der Waals surface area contributed by atoms with Crippen molar-refractivity contribution in [3.8, 4) is 0 Å². The summed E-state index contributed by atoms with van der Waals surface area (Å²) in [5, 5.41) is 0. The molecule has 1 heterocycles. The number of cyclic esters (lactones) is 1. The highest BCUT2D eigenvalue weighted by Gasteiger charge is 2.53. The van der Waals surface area contributed by atoms with E-state index >= 15 is 0 Å². The zero-order chi connectivity index (χ0) is 10.1. The molecule has 1 rings (SSSR count). The lowest BCUT2D eigenvalue weighted by Gasteiger charge is -2.13. The number of halogens is 1. The Bertz CT molecular complexity index is 240. The quantitative estimate of drug-likeness (QED) is 0.417. The Balaban J connectivity index is 2.75. The number of hydrogen-bond acceptors (Lipinski definition) is 4. The van der Waals surface area contributed by atoms with Gasteiger partial charge in [-0.1, -0.05) is 15.9 Å². The number of carbonyl (C=O) groups excluding carboxylic acids is 2. The number of alkyl halides is 1. The fraction of sp³-hybridized carbons (Fsp3) is 0.750. The Kier molecular flexibility index (Phi) is 2.95. The Morgan fingerprint density at radius 2 is 2.46 bits per heavy atom. The van der Waals surface area contributed by atoms with Crippen LogP contribution in [0.4, 0.5) is 0 Å². The zero-order valence-electron chi connectivity index (χ0n) is 7.50. The lowest BCUT2D eigenvalue weighted by atomic mass is 10.1. The van der Waals surface area contributed by atoms with Gasteiger partial charge in [0.1, 0.15) is 6.10 Å². The lowest BCUT2D eigenvalue weighted by Crippen LogP contribution is -2.38. The molecule has 2 atom stereocenters. The minimum Gasteiger partial charge on any atom is -0.465 e. The molecule has 0 aromatic heterocycles. The molecule has 0 amide bonds. The Morgan fingerprint density at radius 3 is 2.85 bits per heavy atom. The topological polar surface area (TPSA) is 52.6 Å². The number of hydrogen-bond donors (Lipinski definition) is 0. The monoisotopic (exact) mass is 250 g/mol. The summed E-state index contributed by atoms with van der Waals surface area (Å²) in [6.45, 7) is 3.69. The molecule has 0 spiro atoms.